The molecule has 0 aliphatic heterocycles. The zero-order valence-electron chi connectivity index (χ0n) is 11.0. The van der Waals surface area contributed by atoms with Gasteiger partial charge in [0.15, 0.2) is 6.11 Å². The monoisotopic (exact) mass is 322 g/mol. The van der Waals surface area contributed by atoms with Gasteiger partial charge in [-0.1, -0.05) is 6.07 Å². The van der Waals surface area contributed by atoms with Gasteiger partial charge in [-0.15, -0.1) is 0 Å². The highest BCUT2D eigenvalue weighted by Gasteiger charge is 2.05. The number of hydrogen-bond acceptors (Lipinski definition) is 6. The van der Waals surface area contributed by atoms with Gasteiger partial charge in [-0.25, -0.2) is 0 Å². The van der Waals surface area contributed by atoms with E-state index in [0.717, 1.165) is 33.5 Å². The van der Waals surface area contributed by atoms with Crippen LogP contribution >= 0.6 is 11.8 Å². The van der Waals surface area contributed by atoms with Crippen LogP contribution < -0.4 is 4.74 Å². The average Bonchev–Trinajstić information content (AvgIpc) is 2.29. The lowest BCUT2D eigenvalue weighted by Crippen LogP contribution is -2.01. The first-order chi connectivity index (χ1) is 8.83. The number of ether oxygens (including phenoxy) is 1. The molecule has 0 radical (unpaired) electrons. The topological polar surface area (TPSA) is 114 Å². The van der Waals surface area contributed by atoms with Gasteiger partial charge in [-0.05, 0) is 47.1 Å². The van der Waals surface area contributed by atoms with Crippen LogP contribution in [0, 0.1) is 25.2 Å². The van der Waals surface area contributed by atoms with E-state index in [1.807, 2.05) is 32.1 Å². The summed E-state index contributed by atoms with van der Waals surface area (Å²) in [7, 11) is -3.08. The minimum absolute atomic E-state index is 0. The fraction of sp³-hybridized carbons (Fsp3) is 0.273. The maximum atomic E-state index is 10.2. The van der Waals surface area contributed by atoms with Crippen molar-refractivity contribution in [1.82, 2.24) is 0 Å². The van der Waals surface area contributed by atoms with E-state index in [2.05, 4.69) is 14.5 Å². The Kier molecular flexibility index (Phi) is 7.41. The fourth-order valence-corrected chi connectivity index (χ4v) is 1.99. The maximum Gasteiger partial charge on any atom is 0.433 e. The lowest BCUT2D eigenvalue weighted by molar-refractivity contribution is -0.135. The summed E-state index contributed by atoms with van der Waals surface area (Å²) in [5, 5.41) is 2.47. The summed E-state index contributed by atoms with van der Waals surface area (Å²) in [4.78, 5) is 4.83. The number of aryl methyl sites for hydroxylation is 2. The van der Waals surface area contributed by atoms with Crippen LogP contribution in [0.15, 0.2) is 17.0 Å². The number of benzene rings is 1. The van der Waals surface area contributed by atoms with Crippen LogP contribution in [-0.2, 0) is 19.6 Å². The summed E-state index contributed by atoms with van der Waals surface area (Å²) in [6.07, 6.45) is 1.98. The van der Waals surface area contributed by atoms with Gasteiger partial charge in [0.05, 0.1) is 7.11 Å². The Hall–Kier alpha value is -1.44. The van der Waals surface area contributed by atoms with E-state index in [0.29, 0.717) is 0 Å². The van der Waals surface area contributed by atoms with Crippen LogP contribution in [-0.4, -0.2) is 25.6 Å². The van der Waals surface area contributed by atoms with Crippen LogP contribution in [0.1, 0.15) is 11.1 Å². The molecule has 0 saturated carbocycles. The van der Waals surface area contributed by atoms with Crippen LogP contribution in [0.25, 0.3) is 0 Å². The molecule has 1 rings (SSSR count). The zero-order valence-corrected chi connectivity index (χ0v) is 12.6. The summed E-state index contributed by atoms with van der Waals surface area (Å²) in [5.74, 6) is 0.727. The molecule has 20 heavy (non-hydrogen) atoms. The van der Waals surface area contributed by atoms with Crippen molar-refractivity contribution in [3.8, 4) is 17.1 Å². The van der Waals surface area contributed by atoms with Gasteiger partial charge >= 0.3 is 10.4 Å². The van der Waals surface area contributed by atoms with E-state index in [9.17, 15) is 8.42 Å². The number of hydrogen-bond donors (Lipinski definition) is 1. The van der Waals surface area contributed by atoms with E-state index in [1.54, 1.807) is 7.11 Å². The second-order valence-electron chi connectivity index (χ2n) is 3.47. The van der Waals surface area contributed by atoms with E-state index in [1.165, 1.54) is 0 Å². The fourth-order valence-electron chi connectivity index (χ4n) is 1.30. The Balaban J connectivity index is 0.00000361. The molecule has 0 aliphatic rings. The predicted octanol–water partition coefficient (Wildman–Crippen LogP) is 1.25. The molecular formula is C11H14O7S2. The van der Waals surface area contributed by atoms with Gasteiger partial charge in [0.2, 0.25) is 0 Å². The van der Waals surface area contributed by atoms with Crippen molar-refractivity contribution in [1.29, 1.82) is 0 Å². The molecule has 0 aromatic heterocycles. The van der Waals surface area contributed by atoms with Crippen molar-refractivity contribution >= 4 is 22.2 Å². The highest BCUT2D eigenvalue weighted by molar-refractivity contribution is 8.04. The van der Waals surface area contributed by atoms with E-state index in [-0.39, 0.29) is 5.48 Å². The lowest BCUT2D eigenvalue weighted by atomic mass is 10.1. The molecule has 0 fully saturated rings. The van der Waals surface area contributed by atoms with Gasteiger partial charge in [0.25, 0.3) is 0 Å². The first-order valence-electron chi connectivity index (χ1n) is 4.98. The minimum atomic E-state index is -4.65. The Morgan fingerprint density at radius 3 is 2.45 bits per heavy atom. The van der Waals surface area contributed by atoms with Gasteiger partial charge in [0.1, 0.15) is 5.75 Å². The Morgan fingerprint density at radius 1 is 1.25 bits per heavy atom. The van der Waals surface area contributed by atoms with E-state index in [4.69, 9.17) is 9.29 Å². The molecule has 112 valence electrons. The molecule has 0 aliphatic carbocycles. The van der Waals surface area contributed by atoms with Gasteiger partial charge in [-0.3, -0.25) is 9.44 Å². The van der Waals surface area contributed by atoms with Crippen LogP contribution in [0.5, 0.6) is 5.75 Å². The largest absolute Gasteiger partial charge is 0.496 e. The molecule has 0 saturated heterocycles. The van der Waals surface area contributed by atoms with Crippen LogP contribution in [0.2, 0.25) is 0 Å². The summed E-state index contributed by atoms with van der Waals surface area (Å²) < 4.78 is 37.3. The second kappa shape index (κ2) is 7.98. The Morgan fingerprint density at radius 2 is 1.90 bits per heavy atom. The van der Waals surface area contributed by atoms with Crippen molar-refractivity contribution < 1.29 is 32.4 Å². The van der Waals surface area contributed by atoms with Gasteiger partial charge in [0, 0.05) is 10.1 Å². The molecule has 0 bridgehead atoms. The van der Waals surface area contributed by atoms with Gasteiger partial charge < -0.3 is 10.2 Å². The summed E-state index contributed by atoms with van der Waals surface area (Å²) >= 11 is 1.11. The van der Waals surface area contributed by atoms with Crippen LogP contribution in [0.4, 0.5) is 0 Å². The van der Waals surface area contributed by atoms with E-state index >= 15 is 0 Å². The third-order valence-corrected chi connectivity index (χ3v) is 3.14. The van der Waals surface area contributed by atoms with Crippen molar-refractivity contribution in [3.63, 3.8) is 0 Å². The first-order valence-corrected chi connectivity index (χ1v) is 7.16. The van der Waals surface area contributed by atoms with Crippen molar-refractivity contribution in [2.24, 2.45) is 0 Å². The number of methoxy groups -OCH3 is 1. The number of thioether (sulfide) groups is 1. The van der Waals surface area contributed by atoms with Crippen molar-refractivity contribution in [2.75, 3.05) is 7.11 Å². The van der Waals surface area contributed by atoms with Crippen molar-refractivity contribution in [3.05, 3.63) is 23.3 Å². The number of rotatable bonds is 4. The third-order valence-electron chi connectivity index (χ3n) is 2.06. The molecule has 7 nitrogen and oxygen atoms in total. The molecule has 0 amide bonds. The molecule has 0 unspecified atom stereocenters. The third kappa shape index (κ3) is 6.14. The predicted molar refractivity (Wildman–Crippen MR) is 73.4 cm³/mol. The summed E-state index contributed by atoms with van der Waals surface area (Å²) in [6, 6.07) is 3.76. The summed E-state index contributed by atoms with van der Waals surface area (Å²) in [6.45, 7) is 3.83. The zero-order chi connectivity index (χ0) is 14.5. The smallest absolute Gasteiger partial charge is 0.433 e. The average molecular weight is 322 g/mol. The summed E-state index contributed by atoms with van der Waals surface area (Å²) in [5.41, 5.74) is 2.00. The SMILES string of the molecule is COc1cc(SC#COOS(=O)(=O)O)c(C)cc1C.O. The molecule has 1 aromatic rings. The molecule has 0 heterocycles. The normalized spacial score (nSPS) is 10.0. The molecule has 0 spiro atoms. The van der Waals surface area contributed by atoms with E-state index < -0.39 is 10.4 Å². The second-order valence-corrected chi connectivity index (χ2v) is 5.31. The highest BCUT2D eigenvalue weighted by Crippen LogP contribution is 2.29. The molecule has 0 atom stereocenters. The van der Waals surface area contributed by atoms with Crippen LogP contribution in [0.3, 0.4) is 0 Å². The Labute approximate surface area is 121 Å². The molecule has 3 N–H and O–H groups in total. The molecule has 9 heteroatoms. The molecule has 1 aromatic carbocycles. The lowest BCUT2D eigenvalue weighted by Gasteiger charge is -2.08. The Bertz CT molecular complexity index is 614. The standard InChI is InChI=1S/C11H12O6S2.H2O/c1-8-6-9(2)11(7-10(8)15-3)18-5-4-16-17-19(12,13)14;/h6-7H,1-3H3,(H,12,13,14);1H2. The minimum Gasteiger partial charge on any atom is -0.496 e. The maximum absolute atomic E-state index is 10.2. The first kappa shape index (κ1) is 18.6. The van der Waals surface area contributed by atoms with Gasteiger partial charge in [-0.2, -0.15) is 8.42 Å². The highest BCUT2D eigenvalue weighted by atomic mass is 32.3. The molecular weight excluding hydrogens is 308 g/mol. The quantitative estimate of drug-likeness (QED) is 0.292. The van der Waals surface area contributed by atoms with Crippen molar-refractivity contribution in [2.45, 2.75) is 18.7 Å².